The van der Waals surface area contributed by atoms with Crippen LogP contribution in [0.2, 0.25) is 0 Å². The third kappa shape index (κ3) is 3.50. The van der Waals surface area contributed by atoms with Crippen molar-refractivity contribution in [2.75, 3.05) is 0 Å². The lowest BCUT2D eigenvalue weighted by Gasteiger charge is -2.14. The number of carboxylic acid groups (broad SMARTS) is 1. The first-order valence-corrected chi connectivity index (χ1v) is 5.35. The Kier molecular flexibility index (Phi) is 3.46. The maximum atomic E-state index is 11.7. The van der Waals surface area contributed by atoms with Gasteiger partial charge in [-0.25, -0.2) is 0 Å². The van der Waals surface area contributed by atoms with Crippen LogP contribution in [-0.2, 0) is 9.59 Å². The Labute approximate surface area is 93.0 Å². The number of carbonyl (C=O) groups is 2. The van der Waals surface area contributed by atoms with Crippen molar-refractivity contribution in [3.8, 4) is 0 Å². The Bertz CT molecular complexity index is 350. The quantitative estimate of drug-likeness (QED) is 0.712. The second kappa shape index (κ2) is 5.69. The minimum atomic E-state index is -0.896. The molecule has 3 heteroatoms. The Balaban J connectivity index is 2.72. The molecule has 0 radical (unpaired) electrons. The van der Waals surface area contributed by atoms with Crippen molar-refractivity contribution in [1.82, 2.24) is 0 Å². The van der Waals surface area contributed by atoms with Crippen LogP contribution in [0.15, 0.2) is 12.1 Å². The number of hydrogen-bond donors (Lipinski definition) is 1. The summed E-state index contributed by atoms with van der Waals surface area (Å²) < 4.78 is 15.2. The van der Waals surface area contributed by atoms with E-state index >= 15 is 0 Å². The van der Waals surface area contributed by atoms with Crippen molar-refractivity contribution in [3.63, 3.8) is 0 Å². The van der Waals surface area contributed by atoms with Gasteiger partial charge in [0, 0.05) is 18.8 Å². The lowest BCUT2D eigenvalue weighted by molar-refractivity contribution is -0.138. The van der Waals surface area contributed by atoms with Crippen LogP contribution in [0.3, 0.4) is 0 Å². The molecule has 0 spiro atoms. The van der Waals surface area contributed by atoms with E-state index in [1.54, 1.807) is 6.92 Å². The first-order valence-electron chi connectivity index (χ1n) is 6.35. The summed E-state index contributed by atoms with van der Waals surface area (Å²) in [5, 5.41) is 8.76. The fraction of sp³-hybridized carbons (Fsp3) is 0.667. The highest BCUT2D eigenvalue weighted by molar-refractivity contribution is 5.84. The second-order valence-electron chi connectivity index (χ2n) is 3.88. The first kappa shape index (κ1) is 9.13. The van der Waals surface area contributed by atoms with Crippen LogP contribution >= 0.6 is 0 Å². The number of carbonyl (C=O) groups excluding carboxylic acids is 1. The van der Waals surface area contributed by atoms with Gasteiger partial charge in [0.25, 0.3) is 0 Å². The molecule has 1 aliphatic rings. The largest absolute Gasteiger partial charge is 0.481 e. The number of carboxylic acids is 1. The van der Waals surface area contributed by atoms with Crippen molar-refractivity contribution in [1.29, 1.82) is 0 Å². The maximum Gasteiger partial charge on any atom is 0.303 e. The molecule has 1 fully saturated rings. The number of allylic oxidation sites excluding steroid dienone is 2. The van der Waals surface area contributed by atoms with Crippen LogP contribution in [-0.4, -0.2) is 16.9 Å². The Hall–Kier alpha value is -1.12. The van der Waals surface area contributed by atoms with E-state index < -0.39 is 5.97 Å². The highest BCUT2D eigenvalue weighted by Gasteiger charge is 2.34. The minimum absolute atomic E-state index is 0.0108. The van der Waals surface area contributed by atoms with Crippen molar-refractivity contribution in [2.24, 2.45) is 11.8 Å². The summed E-state index contributed by atoms with van der Waals surface area (Å²) in [6.07, 6.45) is 1.70. The van der Waals surface area contributed by atoms with Gasteiger partial charge >= 0.3 is 5.97 Å². The van der Waals surface area contributed by atoms with E-state index in [-0.39, 0.29) is 42.6 Å². The molecule has 3 nitrogen and oxygen atoms in total. The molecule has 0 amide bonds. The number of hydrogen-bond acceptors (Lipinski definition) is 2. The molecule has 0 unspecified atom stereocenters. The van der Waals surface area contributed by atoms with Crippen LogP contribution in [0.25, 0.3) is 0 Å². The van der Waals surface area contributed by atoms with Gasteiger partial charge in [-0.1, -0.05) is 19.0 Å². The lowest BCUT2D eigenvalue weighted by atomic mass is 9.89. The predicted molar refractivity (Wildman–Crippen MR) is 57.5 cm³/mol. The van der Waals surface area contributed by atoms with Gasteiger partial charge in [0.1, 0.15) is 5.78 Å². The molecular formula is C12H18O3. The average Bonchev–Trinajstić information content (AvgIpc) is 2.59. The molecule has 15 heavy (non-hydrogen) atoms. The molecule has 0 aromatic heterocycles. The van der Waals surface area contributed by atoms with Crippen molar-refractivity contribution in [3.05, 3.63) is 12.1 Å². The third-order valence-corrected chi connectivity index (χ3v) is 2.80. The van der Waals surface area contributed by atoms with Crippen molar-refractivity contribution >= 4 is 11.8 Å². The van der Waals surface area contributed by atoms with E-state index in [0.717, 1.165) is 0 Å². The average molecular weight is 212 g/mol. The van der Waals surface area contributed by atoms with Crippen LogP contribution in [0, 0.1) is 11.8 Å². The second-order valence-corrected chi connectivity index (χ2v) is 3.88. The zero-order chi connectivity index (χ0) is 13.0. The summed E-state index contributed by atoms with van der Waals surface area (Å²) in [6.45, 7) is 1.79. The van der Waals surface area contributed by atoms with Crippen LogP contribution in [0.5, 0.6) is 0 Å². The van der Waals surface area contributed by atoms with Gasteiger partial charge in [-0.15, -0.1) is 0 Å². The molecule has 1 rings (SSSR count). The van der Waals surface area contributed by atoms with E-state index in [9.17, 15) is 9.59 Å². The van der Waals surface area contributed by atoms with E-state index in [1.807, 2.05) is 0 Å². The maximum absolute atomic E-state index is 11.7. The predicted octanol–water partition coefficient (Wildman–Crippen LogP) is 2.41. The summed E-state index contributed by atoms with van der Waals surface area (Å²) in [6, 6.07) is 0.405. The highest BCUT2D eigenvalue weighted by atomic mass is 16.4. The monoisotopic (exact) mass is 212 g/mol. The molecule has 0 aromatic carbocycles. The number of ketones is 1. The molecule has 1 aliphatic carbocycles. The third-order valence-electron chi connectivity index (χ3n) is 2.80. The van der Waals surface area contributed by atoms with Gasteiger partial charge in [0.15, 0.2) is 0 Å². The summed E-state index contributed by atoms with van der Waals surface area (Å²) in [5.74, 6) is -1.38. The fourth-order valence-electron chi connectivity index (χ4n) is 2.03. The number of rotatable bonds is 5. The highest BCUT2D eigenvalue weighted by Crippen LogP contribution is 2.33. The molecule has 2 atom stereocenters. The smallest absolute Gasteiger partial charge is 0.303 e. The van der Waals surface area contributed by atoms with E-state index in [1.165, 1.54) is 0 Å². The van der Waals surface area contributed by atoms with Crippen molar-refractivity contribution < 1.29 is 17.4 Å². The van der Waals surface area contributed by atoms with Gasteiger partial charge in [-0.05, 0) is 25.2 Å². The normalized spacial score (nSPS) is 29.5. The summed E-state index contributed by atoms with van der Waals surface area (Å²) >= 11 is 0. The van der Waals surface area contributed by atoms with E-state index in [4.69, 9.17) is 7.85 Å². The molecule has 0 aromatic rings. The molecule has 84 valence electrons. The van der Waals surface area contributed by atoms with Gasteiger partial charge < -0.3 is 5.11 Å². The molecule has 0 aliphatic heterocycles. The lowest BCUT2D eigenvalue weighted by Crippen LogP contribution is -2.17. The Morgan fingerprint density at radius 3 is 3.00 bits per heavy atom. The Morgan fingerprint density at radius 2 is 2.40 bits per heavy atom. The van der Waals surface area contributed by atoms with Crippen molar-refractivity contribution in [2.45, 2.75) is 39.0 Å². The summed E-state index contributed by atoms with van der Waals surface area (Å²) in [7, 11) is 0. The van der Waals surface area contributed by atoms with E-state index in [0.29, 0.717) is 19.3 Å². The zero-order valence-corrected chi connectivity index (χ0v) is 8.95. The van der Waals surface area contributed by atoms with Crippen LogP contribution in [0.4, 0.5) is 0 Å². The molecule has 0 bridgehead atoms. The van der Waals surface area contributed by atoms with Gasteiger partial charge in [0.05, 0.1) is 2.74 Å². The summed E-state index contributed by atoms with van der Waals surface area (Å²) in [5.41, 5.74) is 0. The fourth-order valence-corrected chi connectivity index (χ4v) is 2.03. The molecule has 1 N–H and O–H groups in total. The van der Waals surface area contributed by atoms with Crippen LogP contribution < -0.4 is 0 Å². The molecular weight excluding hydrogens is 192 g/mol. The molecule has 0 heterocycles. The van der Waals surface area contributed by atoms with Gasteiger partial charge in [0.2, 0.25) is 0 Å². The van der Waals surface area contributed by atoms with Crippen LogP contribution in [0.1, 0.15) is 41.8 Å². The Morgan fingerprint density at radius 1 is 1.67 bits per heavy atom. The van der Waals surface area contributed by atoms with Gasteiger partial charge in [-0.3, -0.25) is 9.59 Å². The summed E-state index contributed by atoms with van der Waals surface area (Å²) in [4.78, 5) is 22.3. The topological polar surface area (TPSA) is 54.4 Å². The SMILES string of the molecule is [2H]/C(CC)=C(\[2H])C[C@H]1C(=O)CC[C@@H]1CC(=O)O. The molecule has 1 saturated carbocycles. The number of aliphatic carboxylic acids is 1. The van der Waals surface area contributed by atoms with E-state index in [2.05, 4.69) is 0 Å². The minimum Gasteiger partial charge on any atom is -0.481 e. The number of Topliss-reactive ketones (excluding diaryl/α,β-unsaturated/α-hetero) is 1. The first-order chi connectivity index (χ1) is 7.95. The van der Waals surface area contributed by atoms with Gasteiger partial charge in [-0.2, -0.15) is 0 Å². The standard InChI is InChI=1S/C12H18O3/c1-2-3-4-5-10-9(8-12(14)15)6-7-11(10)13/h3-4,9-10H,2,5-8H2,1H3,(H,14,15)/b4-3-/t9-,10-/m1/s1/i3D,4D. The molecule has 0 saturated heterocycles. The zero-order valence-electron chi connectivity index (χ0n) is 11.0.